The normalized spacial score (nSPS) is 31.9. The molecule has 1 heterocycles. The van der Waals surface area contributed by atoms with Crippen LogP contribution in [-0.2, 0) is 0 Å². The van der Waals surface area contributed by atoms with E-state index in [1.165, 1.54) is 30.8 Å². The molecule has 0 saturated carbocycles. The lowest BCUT2D eigenvalue weighted by molar-refractivity contribution is 0.748. The molecule has 1 aliphatic rings. The van der Waals surface area contributed by atoms with Gasteiger partial charge >= 0.3 is 0 Å². The summed E-state index contributed by atoms with van der Waals surface area (Å²) in [7, 11) is 0. The zero-order valence-corrected chi connectivity index (χ0v) is 6.68. The second-order valence-electron chi connectivity index (χ2n) is 2.20. The first-order valence-corrected chi connectivity index (χ1v) is 4.82. The smallest absolute Gasteiger partial charge is 0.00249 e. The van der Waals surface area contributed by atoms with Crippen LogP contribution in [0, 0.1) is 0 Å². The van der Waals surface area contributed by atoms with Gasteiger partial charge in [0.25, 0.3) is 0 Å². The zero-order chi connectivity index (χ0) is 5.82. The van der Waals surface area contributed by atoms with E-state index >= 15 is 0 Å². The average Bonchev–Trinajstić information content (AvgIpc) is 1.94. The molecule has 0 amide bonds. The number of hydrogen-bond acceptors (Lipinski definition) is 2. The largest absolute Gasteiger partial charge is 0.176 e. The van der Waals surface area contributed by atoms with Crippen molar-refractivity contribution in [3.05, 3.63) is 0 Å². The maximum absolute atomic E-state index is 4.42. The average molecular weight is 148 g/mol. The van der Waals surface area contributed by atoms with Crippen molar-refractivity contribution in [2.45, 2.75) is 24.5 Å². The van der Waals surface area contributed by atoms with Crippen LogP contribution in [0.15, 0.2) is 0 Å². The Labute approximate surface area is 60.8 Å². The van der Waals surface area contributed by atoms with Gasteiger partial charge in [0.1, 0.15) is 0 Å². The SMILES string of the molecule is SC1CCCSCC1. The van der Waals surface area contributed by atoms with Gasteiger partial charge in [-0.2, -0.15) is 24.4 Å². The quantitative estimate of drug-likeness (QED) is 0.514. The van der Waals surface area contributed by atoms with Gasteiger partial charge in [-0.25, -0.2) is 0 Å². The Morgan fingerprint density at radius 1 is 1.25 bits per heavy atom. The highest BCUT2D eigenvalue weighted by atomic mass is 32.2. The summed E-state index contributed by atoms with van der Waals surface area (Å²) in [5.41, 5.74) is 0. The summed E-state index contributed by atoms with van der Waals surface area (Å²) in [4.78, 5) is 0. The van der Waals surface area contributed by atoms with Gasteiger partial charge in [-0.05, 0) is 30.8 Å². The van der Waals surface area contributed by atoms with Crippen LogP contribution < -0.4 is 0 Å². The lowest BCUT2D eigenvalue weighted by Crippen LogP contribution is -1.95. The van der Waals surface area contributed by atoms with Crippen LogP contribution in [0.5, 0.6) is 0 Å². The molecule has 2 heteroatoms. The molecule has 1 saturated heterocycles. The number of rotatable bonds is 0. The van der Waals surface area contributed by atoms with E-state index in [1.54, 1.807) is 0 Å². The fourth-order valence-corrected chi connectivity index (χ4v) is 2.40. The summed E-state index contributed by atoms with van der Waals surface area (Å²) in [6.07, 6.45) is 4.02. The minimum absolute atomic E-state index is 0.699. The van der Waals surface area contributed by atoms with Crippen molar-refractivity contribution in [2.75, 3.05) is 11.5 Å². The van der Waals surface area contributed by atoms with Gasteiger partial charge in [-0.15, -0.1) is 0 Å². The molecule has 0 bridgehead atoms. The lowest BCUT2D eigenvalue weighted by Gasteiger charge is -2.01. The maximum Gasteiger partial charge on any atom is 0.00249 e. The summed E-state index contributed by atoms with van der Waals surface area (Å²) in [5, 5.41) is 0.699. The third-order valence-electron chi connectivity index (χ3n) is 1.42. The molecule has 0 aromatic rings. The van der Waals surface area contributed by atoms with Crippen LogP contribution in [0.2, 0.25) is 0 Å². The Balaban J connectivity index is 2.17. The minimum atomic E-state index is 0.699. The van der Waals surface area contributed by atoms with Crippen molar-refractivity contribution in [1.82, 2.24) is 0 Å². The van der Waals surface area contributed by atoms with E-state index in [0.29, 0.717) is 5.25 Å². The Kier molecular flexibility index (Phi) is 3.13. The second kappa shape index (κ2) is 3.67. The highest BCUT2D eigenvalue weighted by Crippen LogP contribution is 2.19. The maximum atomic E-state index is 4.42. The van der Waals surface area contributed by atoms with Crippen LogP contribution in [0.25, 0.3) is 0 Å². The standard InChI is InChI=1S/C6H12S2/c7-6-2-1-4-8-5-3-6/h6-7H,1-5H2. The van der Waals surface area contributed by atoms with E-state index in [4.69, 9.17) is 0 Å². The van der Waals surface area contributed by atoms with Crippen LogP contribution in [-0.4, -0.2) is 16.8 Å². The molecule has 1 aliphatic heterocycles. The van der Waals surface area contributed by atoms with Crippen molar-refractivity contribution < 1.29 is 0 Å². The molecule has 8 heavy (non-hydrogen) atoms. The predicted octanol–water partition coefficient (Wildman–Crippen LogP) is 2.20. The first kappa shape index (κ1) is 6.81. The van der Waals surface area contributed by atoms with Crippen molar-refractivity contribution in [2.24, 2.45) is 0 Å². The van der Waals surface area contributed by atoms with Crippen molar-refractivity contribution in [3.8, 4) is 0 Å². The van der Waals surface area contributed by atoms with Gasteiger partial charge in [0, 0.05) is 5.25 Å². The topological polar surface area (TPSA) is 0 Å². The van der Waals surface area contributed by atoms with Gasteiger partial charge in [0.15, 0.2) is 0 Å². The van der Waals surface area contributed by atoms with Crippen LogP contribution in [0.3, 0.4) is 0 Å². The molecule has 1 unspecified atom stereocenters. The molecule has 1 atom stereocenters. The minimum Gasteiger partial charge on any atom is -0.176 e. The van der Waals surface area contributed by atoms with Gasteiger partial charge in [-0.1, -0.05) is 0 Å². The van der Waals surface area contributed by atoms with Gasteiger partial charge in [0.2, 0.25) is 0 Å². The van der Waals surface area contributed by atoms with Gasteiger partial charge in [0.05, 0.1) is 0 Å². The molecule has 48 valence electrons. The molecule has 0 nitrogen and oxygen atoms in total. The van der Waals surface area contributed by atoms with E-state index < -0.39 is 0 Å². The van der Waals surface area contributed by atoms with E-state index in [1.807, 2.05) is 0 Å². The Morgan fingerprint density at radius 2 is 2.12 bits per heavy atom. The first-order chi connectivity index (χ1) is 3.89. The monoisotopic (exact) mass is 148 g/mol. The number of thioether (sulfide) groups is 1. The summed E-state index contributed by atoms with van der Waals surface area (Å²) in [6.45, 7) is 0. The summed E-state index contributed by atoms with van der Waals surface area (Å²) in [5.74, 6) is 2.69. The third-order valence-corrected chi connectivity index (χ3v) is 3.04. The van der Waals surface area contributed by atoms with Crippen LogP contribution in [0.4, 0.5) is 0 Å². The van der Waals surface area contributed by atoms with Gasteiger partial charge in [-0.3, -0.25) is 0 Å². The molecule has 1 rings (SSSR count). The van der Waals surface area contributed by atoms with E-state index in [9.17, 15) is 0 Å². The molecule has 0 radical (unpaired) electrons. The fourth-order valence-electron chi connectivity index (χ4n) is 0.887. The Morgan fingerprint density at radius 3 is 3.00 bits per heavy atom. The van der Waals surface area contributed by atoms with E-state index in [2.05, 4.69) is 24.4 Å². The molecule has 0 spiro atoms. The van der Waals surface area contributed by atoms with Gasteiger partial charge < -0.3 is 0 Å². The molecule has 1 fully saturated rings. The third kappa shape index (κ3) is 2.31. The molecule has 0 aromatic heterocycles. The number of thiol groups is 1. The van der Waals surface area contributed by atoms with Crippen molar-refractivity contribution in [3.63, 3.8) is 0 Å². The second-order valence-corrected chi connectivity index (χ2v) is 4.15. The molecule has 0 N–H and O–H groups in total. The first-order valence-electron chi connectivity index (χ1n) is 3.15. The van der Waals surface area contributed by atoms with Crippen LogP contribution in [0.1, 0.15) is 19.3 Å². The summed E-state index contributed by atoms with van der Waals surface area (Å²) < 4.78 is 0. The molecule has 0 aromatic carbocycles. The van der Waals surface area contributed by atoms with E-state index in [-0.39, 0.29) is 0 Å². The van der Waals surface area contributed by atoms with Crippen molar-refractivity contribution in [1.29, 1.82) is 0 Å². The Bertz CT molecular complexity index is 55.5. The Hall–Kier alpha value is 0.700. The summed E-state index contributed by atoms with van der Waals surface area (Å²) in [6, 6.07) is 0. The molecular weight excluding hydrogens is 136 g/mol. The zero-order valence-electron chi connectivity index (χ0n) is 4.97. The van der Waals surface area contributed by atoms with Crippen LogP contribution >= 0.6 is 24.4 Å². The highest BCUT2D eigenvalue weighted by molar-refractivity contribution is 7.99. The predicted molar refractivity (Wildman–Crippen MR) is 44.0 cm³/mol. The van der Waals surface area contributed by atoms with E-state index in [0.717, 1.165) is 0 Å². The fraction of sp³-hybridized carbons (Fsp3) is 1.00. The molecule has 0 aliphatic carbocycles. The molecular formula is C6H12S2. The summed E-state index contributed by atoms with van der Waals surface area (Å²) >= 11 is 6.49. The number of hydrogen-bond donors (Lipinski definition) is 1. The highest BCUT2D eigenvalue weighted by Gasteiger charge is 2.06. The lowest BCUT2D eigenvalue weighted by atomic mass is 10.2. The van der Waals surface area contributed by atoms with Crippen molar-refractivity contribution >= 4 is 24.4 Å².